The van der Waals surface area contributed by atoms with Crippen LogP contribution in [0.15, 0.2) is 42.5 Å². The summed E-state index contributed by atoms with van der Waals surface area (Å²) in [6, 6.07) is 14.8. The minimum atomic E-state index is -1.82. The van der Waals surface area contributed by atoms with Gasteiger partial charge in [0, 0.05) is 38.3 Å². The van der Waals surface area contributed by atoms with E-state index in [2.05, 4.69) is 46.2 Å². The van der Waals surface area contributed by atoms with Gasteiger partial charge in [-0.2, -0.15) is 0 Å². The molecule has 0 spiro atoms. The highest BCUT2D eigenvalue weighted by Gasteiger charge is 2.21. The summed E-state index contributed by atoms with van der Waals surface area (Å²) < 4.78 is 16.5. The topological polar surface area (TPSA) is 109 Å². The van der Waals surface area contributed by atoms with Gasteiger partial charge in [-0.15, -0.1) is 0 Å². The number of ether oxygens (including phenoxy) is 3. The SMILES string of the molecule is COc1ccc(CN2CCN(CCCc3ccccc3)CC2)c(OC)c1OC.O=C(O)C(=O)O. The van der Waals surface area contributed by atoms with Crippen molar-refractivity contribution in [1.29, 1.82) is 0 Å². The highest BCUT2D eigenvalue weighted by Crippen LogP contribution is 2.40. The molecule has 1 aliphatic rings. The van der Waals surface area contributed by atoms with Gasteiger partial charge in [-0.05, 0) is 31.0 Å². The zero-order chi connectivity index (χ0) is 24.9. The molecule has 1 saturated heterocycles. The Morgan fingerprint density at radius 1 is 0.794 bits per heavy atom. The van der Waals surface area contributed by atoms with Gasteiger partial charge in [0.2, 0.25) is 5.75 Å². The predicted molar refractivity (Wildman–Crippen MR) is 128 cm³/mol. The Morgan fingerprint density at radius 3 is 1.91 bits per heavy atom. The number of hydrogen-bond donors (Lipinski definition) is 2. The molecule has 0 radical (unpaired) electrons. The van der Waals surface area contributed by atoms with Crippen molar-refractivity contribution in [1.82, 2.24) is 9.80 Å². The number of nitrogens with zero attached hydrogens (tertiary/aromatic N) is 2. The van der Waals surface area contributed by atoms with Gasteiger partial charge in [0.15, 0.2) is 11.5 Å². The number of piperazine rings is 1. The molecular formula is C25H34N2O7. The van der Waals surface area contributed by atoms with E-state index in [1.165, 1.54) is 18.5 Å². The van der Waals surface area contributed by atoms with Crippen LogP contribution in [0.5, 0.6) is 17.2 Å². The molecule has 0 aliphatic carbocycles. The van der Waals surface area contributed by atoms with Gasteiger partial charge in [0.1, 0.15) is 0 Å². The number of rotatable bonds is 9. The van der Waals surface area contributed by atoms with E-state index in [9.17, 15) is 0 Å². The first-order valence-electron chi connectivity index (χ1n) is 11.1. The van der Waals surface area contributed by atoms with Crippen LogP contribution in [-0.4, -0.2) is 86.0 Å². The summed E-state index contributed by atoms with van der Waals surface area (Å²) in [5, 5.41) is 14.8. The molecule has 186 valence electrons. The molecule has 0 amide bonds. The van der Waals surface area contributed by atoms with Gasteiger partial charge >= 0.3 is 11.9 Å². The average Bonchev–Trinajstić information content (AvgIpc) is 2.85. The summed E-state index contributed by atoms with van der Waals surface area (Å²) >= 11 is 0. The van der Waals surface area contributed by atoms with Crippen LogP contribution in [0.3, 0.4) is 0 Å². The van der Waals surface area contributed by atoms with Crippen LogP contribution in [0.25, 0.3) is 0 Å². The lowest BCUT2D eigenvalue weighted by atomic mass is 10.1. The molecule has 0 unspecified atom stereocenters. The normalized spacial score (nSPS) is 14.0. The largest absolute Gasteiger partial charge is 0.493 e. The maximum Gasteiger partial charge on any atom is 0.414 e. The summed E-state index contributed by atoms with van der Waals surface area (Å²) in [5.41, 5.74) is 2.57. The number of aliphatic carboxylic acids is 2. The molecule has 34 heavy (non-hydrogen) atoms. The maximum atomic E-state index is 9.10. The molecule has 1 heterocycles. The van der Waals surface area contributed by atoms with Crippen LogP contribution in [0.1, 0.15) is 17.5 Å². The minimum absolute atomic E-state index is 0.669. The van der Waals surface area contributed by atoms with Gasteiger partial charge in [0.25, 0.3) is 0 Å². The van der Waals surface area contributed by atoms with Crippen molar-refractivity contribution in [2.75, 3.05) is 54.1 Å². The lowest BCUT2D eigenvalue weighted by Gasteiger charge is -2.35. The number of carboxylic acid groups (broad SMARTS) is 2. The second-order valence-electron chi connectivity index (χ2n) is 7.81. The Morgan fingerprint density at radius 2 is 1.38 bits per heavy atom. The highest BCUT2D eigenvalue weighted by molar-refractivity contribution is 6.27. The molecule has 1 fully saturated rings. The predicted octanol–water partition coefficient (Wildman–Crippen LogP) is 2.62. The van der Waals surface area contributed by atoms with Gasteiger partial charge in [0.05, 0.1) is 21.3 Å². The van der Waals surface area contributed by atoms with Gasteiger partial charge in [-0.3, -0.25) is 4.90 Å². The van der Waals surface area contributed by atoms with Crippen molar-refractivity contribution in [2.24, 2.45) is 0 Å². The van der Waals surface area contributed by atoms with Crippen molar-refractivity contribution in [3.05, 3.63) is 53.6 Å². The molecule has 0 saturated carbocycles. The third kappa shape index (κ3) is 8.24. The Labute approximate surface area is 200 Å². The molecule has 0 aromatic heterocycles. The smallest absolute Gasteiger partial charge is 0.414 e. The number of hydrogen-bond acceptors (Lipinski definition) is 7. The van der Waals surface area contributed by atoms with Gasteiger partial charge in [-0.25, -0.2) is 9.59 Å². The monoisotopic (exact) mass is 474 g/mol. The van der Waals surface area contributed by atoms with Crippen LogP contribution in [-0.2, 0) is 22.6 Å². The van der Waals surface area contributed by atoms with Crippen LogP contribution in [0.4, 0.5) is 0 Å². The first kappa shape index (κ1) is 26.9. The van der Waals surface area contributed by atoms with E-state index in [1.54, 1.807) is 21.3 Å². The van der Waals surface area contributed by atoms with Crippen LogP contribution < -0.4 is 14.2 Å². The van der Waals surface area contributed by atoms with Crippen molar-refractivity contribution in [3.8, 4) is 17.2 Å². The molecule has 2 aromatic rings. The van der Waals surface area contributed by atoms with E-state index in [1.807, 2.05) is 6.07 Å². The lowest BCUT2D eigenvalue weighted by Crippen LogP contribution is -2.46. The second kappa shape index (κ2) is 14.1. The lowest BCUT2D eigenvalue weighted by molar-refractivity contribution is -0.159. The molecule has 3 rings (SSSR count). The van der Waals surface area contributed by atoms with Crippen molar-refractivity contribution in [2.45, 2.75) is 19.4 Å². The van der Waals surface area contributed by atoms with E-state index in [4.69, 9.17) is 34.0 Å². The van der Waals surface area contributed by atoms with Crippen LogP contribution in [0.2, 0.25) is 0 Å². The maximum absolute atomic E-state index is 9.10. The van der Waals surface area contributed by atoms with Crippen LogP contribution >= 0.6 is 0 Å². The Kier molecular flexibility index (Phi) is 11.2. The summed E-state index contributed by atoms with van der Waals surface area (Å²) in [4.78, 5) is 23.3. The number of carbonyl (C=O) groups is 2. The number of benzene rings is 2. The molecule has 9 nitrogen and oxygen atoms in total. The average molecular weight is 475 g/mol. The van der Waals surface area contributed by atoms with E-state index in [0.29, 0.717) is 11.5 Å². The first-order valence-corrected chi connectivity index (χ1v) is 11.1. The van der Waals surface area contributed by atoms with E-state index >= 15 is 0 Å². The molecule has 2 aromatic carbocycles. The summed E-state index contributed by atoms with van der Waals surface area (Å²) in [7, 11) is 4.98. The van der Waals surface area contributed by atoms with Crippen molar-refractivity contribution >= 4 is 11.9 Å². The fraction of sp³-hybridized carbons (Fsp3) is 0.440. The Bertz CT molecular complexity index is 901. The quantitative estimate of drug-likeness (QED) is 0.530. The first-order chi connectivity index (χ1) is 16.4. The number of methoxy groups -OCH3 is 3. The molecule has 9 heteroatoms. The fourth-order valence-corrected chi connectivity index (χ4v) is 3.85. The van der Waals surface area contributed by atoms with E-state index in [-0.39, 0.29) is 0 Å². The van der Waals surface area contributed by atoms with E-state index in [0.717, 1.165) is 50.5 Å². The molecule has 0 atom stereocenters. The fourth-order valence-electron chi connectivity index (χ4n) is 3.85. The third-order valence-electron chi connectivity index (χ3n) is 5.61. The van der Waals surface area contributed by atoms with Gasteiger partial charge < -0.3 is 29.3 Å². The van der Waals surface area contributed by atoms with Gasteiger partial charge in [-0.1, -0.05) is 36.4 Å². The summed E-state index contributed by atoms with van der Waals surface area (Å²) in [5.74, 6) is -1.51. The molecule has 0 bridgehead atoms. The van der Waals surface area contributed by atoms with Crippen LogP contribution in [0, 0.1) is 0 Å². The molecule has 1 aliphatic heterocycles. The minimum Gasteiger partial charge on any atom is -0.493 e. The number of carboxylic acids is 2. The molecule has 2 N–H and O–H groups in total. The standard InChI is InChI=1S/C23H32N2O3.C2H2O4/c1-26-21-12-11-20(22(27-2)23(21)28-3)18-25-16-14-24(15-17-25)13-7-10-19-8-5-4-6-9-19;3-1(4)2(5)6/h4-6,8-9,11-12H,7,10,13-18H2,1-3H3;(H,3,4)(H,5,6). The number of aryl methyl sites for hydroxylation is 1. The van der Waals surface area contributed by atoms with Crippen molar-refractivity contribution < 1.29 is 34.0 Å². The molecular weight excluding hydrogens is 440 g/mol. The third-order valence-corrected chi connectivity index (χ3v) is 5.61. The Balaban J connectivity index is 0.000000604. The zero-order valence-electron chi connectivity index (χ0n) is 20.0. The zero-order valence-corrected chi connectivity index (χ0v) is 20.0. The second-order valence-corrected chi connectivity index (χ2v) is 7.81. The Hall–Kier alpha value is -3.30. The summed E-state index contributed by atoms with van der Waals surface area (Å²) in [6.07, 6.45) is 2.37. The van der Waals surface area contributed by atoms with Crippen molar-refractivity contribution in [3.63, 3.8) is 0 Å². The summed E-state index contributed by atoms with van der Waals surface area (Å²) in [6.45, 7) is 6.41. The van der Waals surface area contributed by atoms with E-state index < -0.39 is 11.9 Å². The highest BCUT2D eigenvalue weighted by atomic mass is 16.5.